The van der Waals surface area contributed by atoms with E-state index in [0.717, 1.165) is 29.0 Å². The lowest BCUT2D eigenvalue weighted by Gasteiger charge is -2.33. The number of carbonyl (C=O) groups excluding carboxylic acids is 1. The van der Waals surface area contributed by atoms with Gasteiger partial charge in [0.1, 0.15) is 6.04 Å². The Hall–Kier alpha value is -1.95. The number of nitrogens with one attached hydrogen (secondary N) is 1. The van der Waals surface area contributed by atoms with Gasteiger partial charge in [-0.05, 0) is 11.6 Å². The van der Waals surface area contributed by atoms with Gasteiger partial charge < -0.3 is 29.0 Å². The fraction of sp³-hybridized carbons (Fsp3) is 0.500. The summed E-state index contributed by atoms with van der Waals surface area (Å²) >= 11 is 0. The SMILES string of the molecule is COc1c2c(cc3c1[C@@H](CC(=O)[O-])[NH+](C)CC3)OCO2. The van der Waals surface area contributed by atoms with Crippen molar-refractivity contribution in [2.75, 3.05) is 27.5 Å². The molecular weight excluding hydrogens is 262 g/mol. The summed E-state index contributed by atoms with van der Waals surface area (Å²) in [5, 5.41) is 11.0. The van der Waals surface area contributed by atoms with Crippen molar-refractivity contribution in [3.8, 4) is 17.2 Å². The molecule has 1 aromatic carbocycles. The topological polar surface area (TPSA) is 72.3 Å². The van der Waals surface area contributed by atoms with Crippen molar-refractivity contribution < 1.29 is 29.0 Å². The average molecular weight is 279 g/mol. The standard InChI is InChI=1S/C14H17NO5/c1-15-4-3-8-5-10-13(20-7-19-10)14(18-2)12(8)9(15)6-11(16)17/h5,9H,3-4,6-7H2,1-2H3,(H,16,17)/t9-/m1/s1. The maximum absolute atomic E-state index is 11.0. The van der Waals surface area contributed by atoms with Crippen molar-refractivity contribution in [2.24, 2.45) is 0 Å². The number of carboxylic acids is 1. The molecule has 2 heterocycles. The van der Waals surface area contributed by atoms with E-state index in [1.54, 1.807) is 7.11 Å². The number of quaternary nitrogens is 1. The van der Waals surface area contributed by atoms with Crippen LogP contribution in [0.4, 0.5) is 0 Å². The minimum atomic E-state index is -1.05. The number of ether oxygens (including phenoxy) is 3. The van der Waals surface area contributed by atoms with E-state index in [4.69, 9.17) is 14.2 Å². The highest BCUT2D eigenvalue weighted by molar-refractivity contribution is 5.67. The fourth-order valence-electron chi connectivity index (χ4n) is 3.06. The number of carbonyl (C=O) groups is 1. The van der Waals surface area contributed by atoms with Gasteiger partial charge in [0.25, 0.3) is 0 Å². The molecule has 6 nitrogen and oxygen atoms in total. The molecule has 0 radical (unpaired) electrons. The molecule has 0 amide bonds. The molecule has 6 heteroatoms. The third-order valence-electron chi connectivity index (χ3n) is 4.05. The van der Waals surface area contributed by atoms with Crippen LogP contribution in [-0.4, -0.2) is 33.5 Å². The van der Waals surface area contributed by atoms with E-state index in [1.807, 2.05) is 13.1 Å². The molecule has 0 bridgehead atoms. The molecule has 1 aromatic rings. The molecule has 2 aliphatic heterocycles. The van der Waals surface area contributed by atoms with Gasteiger partial charge in [0.15, 0.2) is 11.5 Å². The molecule has 0 spiro atoms. The largest absolute Gasteiger partial charge is 0.550 e. The number of carboxylic acid groups (broad SMARTS) is 1. The summed E-state index contributed by atoms with van der Waals surface area (Å²) in [5.74, 6) is 0.791. The van der Waals surface area contributed by atoms with Crippen molar-refractivity contribution >= 4 is 5.97 Å². The van der Waals surface area contributed by atoms with Crippen LogP contribution in [-0.2, 0) is 11.2 Å². The van der Waals surface area contributed by atoms with Crippen LogP contribution in [0.5, 0.6) is 17.2 Å². The second-order valence-corrected chi connectivity index (χ2v) is 5.19. The number of rotatable bonds is 3. The summed E-state index contributed by atoms with van der Waals surface area (Å²) in [5.41, 5.74) is 1.98. The Morgan fingerprint density at radius 1 is 1.55 bits per heavy atom. The number of likely N-dealkylation sites (N-methyl/N-ethyl adjacent to an activating group) is 1. The second kappa shape index (κ2) is 4.86. The first kappa shape index (κ1) is 13.1. The van der Waals surface area contributed by atoms with Gasteiger partial charge in [0.2, 0.25) is 12.5 Å². The molecular formula is C14H17NO5. The van der Waals surface area contributed by atoms with Crippen LogP contribution in [0.15, 0.2) is 6.07 Å². The first-order valence-corrected chi connectivity index (χ1v) is 6.63. The first-order valence-electron chi connectivity index (χ1n) is 6.63. The van der Waals surface area contributed by atoms with Crippen molar-refractivity contribution in [3.63, 3.8) is 0 Å². The molecule has 1 N–H and O–H groups in total. The number of methoxy groups -OCH3 is 1. The van der Waals surface area contributed by atoms with Gasteiger partial charge in [-0.2, -0.15) is 0 Å². The Morgan fingerprint density at radius 2 is 2.35 bits per heavy atom. The Kier molecular flexibility index (Phi) is 3.17. The second-order valence-electron chi connectivity index (χ2n) is 5.19. The Morgan fingerprint density at radius 3 is 3.05 bits per heavy atom. The lowest BCUT2D eigenvalue weighted by Crippen LogP contribution is -3.10. The fourth-order valence-corrected chi connectivity index (χ4v) is 3.06. The zero-order valence-corrected chi connectivity index (χ0v) is 11.5. The van der Waals surface area contributed by atoms with Crippen molar-refractivity contribution in [2.45, 2.75) is 18.9 Å². The van der Waals surface area contributed by atoms with Gasteiger partial charge in [-0.3, -0.25) is 0 Å². The average Bonchev–Trinajstić information content (AvgIpc) is 2.87. The Bertz CT molecular complexity index is 557. The number of hydrogen-bond donors (Lipinski definition) is 1. The van der Waals surface area contributed by atoms with Crippen LogP contribution in [0.2, 0.25) is 0 Å². The highest BCUT2D eigenvalue weighted by atomic mass is 16.7. The highest BCUT2D eigenvalue weighted by Gasteiger charge is 2.36. The van der Waals surface area contributed by atoms with Crippen molar-refractivity contribution in [1.29, 1.82) is 0 Å². The zero-order chi connectivity index (χ0) is 14.3. The van der Waals surface area contributed by atoms with Gasteiger partial charge in [-0.1, -0.05) is 0 Å². The van der Waals surface area contributed by atoms with Crippen LogP contribution in [0, 0.1) is 0 Å². The van der Waals surface area contributed by atoms with Gasteiger partial charge in [0.05, 0.1) is 26.3 Å². The molecule has 0 aliphatic carbocycles. The summed E-state index contributed by atoms with van der Waals surface area (Å²) < 4.78 is 16.4. The molecule has 0 fully saturated rings. The lowest BCUT2D eigenvalue weighted by molar-refractivity contribution is -0.914. The van der Waals surface area contributed by atoms with Gasteiger partial charge in [-0.25, -0.2) is 0 Å². The van der Waals surface area contributed by atoms with E-state index < -0.39 is 5.97 Å². The molecule has 108 valence electrons. The predicted molar refractivity (Wildman–Crippen MR) is 66.9 cm³/mol. The molecule has 20 heavy (non-hydrogen) atoms. The molecule has 2 aliphatic rings. The highest BCUT2D eigenvalue weighted by Crippen LogP contribution is 2.47. The monoisotopic (exact) mass is 279 g/mol. The van der Waals surface area contributed by atoms with E-state index in [0.29, 0.717) is 17.2 Å². The minimum Gasteiger partial charge on any atom is -0.550 e. The Balaban J connectivity index is 2.14. The maximum Gasteiger partial charge on any atom is 0.231 e. The quantitative estimate of drug-likeness (QED) is 0.743. The minimum absolute atomic E-state index is 0.0329. The third-order valence-corrected chi connectivity index (χ3v) is 4.05. The molecule has 1 unspecified atom stereocenters. The van der Waals surface area contributed by atoms with Crippen molar-refractivity contribution in [1.82, 2.24) is 0 Å². The molecule has 2 atom stereocenters. The molecule has 0 saturated heterocycles. The van der Waals surface area contributed by atoms with Crippen LogP contribution >= 0.6 is 0 Å². The van der Waals surface area contributed by atoms with E-state index >= 15 is 0 Å². The van der Waals surface area contributed by atoms with Gasteiger partial charge in [0, 0.05) is 18.8 Å². The van der Waals surface area contributed by atoms with E-state index in [1.165, 1.54) is 0 Å². The molecule has 0 saturated carbocycles. The summed E-state index contributed by atoms with van der Waals surface area (Å²) in [7, 11) is 3.55. The van der Waals surface area contributed by atoms with Crippen LogP contribution in [0.25, 0.3) is 0 Å². The Labute approximate surface area is 116 Å². The van der Waals surface area contributed by atoms with E-state index in [-0.39, 0.29) is 19.3 Å². The summed E-state index contributed by atoms with van der Waals surface area (Å²) in [6, 6.07) is 1.75. The maximum atomic E-state index is 11.0. The summed E-state index contributed by atoms with van der Waals surface area (Å²) in [6.07, 6.45) is 0.826. The van der Waals surface area contributed by atoms with Crippen LogP contribution < -0.4 is 24.2 Å². The number of fused-ring (bicyclic) bond motifs is 2. The van der Waals surface area contributed by atoms with Crippen LogP contribution in [0.1, 0.15) is 23.6 Å². The predicted octanol–water partition coefficient (Wildman–Crippen LogP) is -1.32. The smallest absolute Gasteiger partial charge is 0.231 e. The van der Waals surface area contributed by atoms with E-state index in [2.05, 4.69) is 0 Å². The van der Waals surface area contributed by atoms with E-state index in [9.17, 15) is 9.90 Å². The van der Waals surface area contributed by atoms with Crippen LogP contribution in [0.3, 0.4) is 0 Å². The summed E-state index contributed by atoms with van der Waals surface area (Å²) in [4.78, 5) is 12.2. The molecule has 0 aromatic heterocycles. The van der Waals surface area contributed by atoms with Gasteiger partial charge in [-0.15, -0.1) is 0 Å². The normalized spacial score (nSPS) is 23.3. The summed E-state index contributed by atoms with van der Waals surface area (Å²) in [6.45, 7) is 1.04. The van der Waals surface area contributed by atoms with Gasteiger partial charge >= 0.3 is 0 Å². The first-order chi connectivity index (χ1) is 9.61. The lowest BCUT2D eigenvalue weighted by atomic mass is 9.89. The number of benzene rings is 1. The number of aliphatic carboxylic acids is 1. The number of hydrogen-bond acceptors (Lipinski definition) is 5. The molecule has 3 rings (SSSR count). The van der Waals surface area contributed by atoms with Crippen molar-refractivity contribution in [3.05, 3.63) is 17.2 Å². The third kappa shape index (κ3) is 1.96. The zero-order valence-electron chi connectivity index (χ0n) is 11.5.